The highest BCUT2D eigenvalue weighted by molar-refractivity contribution is 8.01. The number of aliphatic hydroxyl groups excluding tert-OH is 1. The maximum atomic E-state index is 13.1. The fourth-order valence-corrected chi connectivity index (χ4v) is 6.58. The Balaban J connectivity index is 3.34. The molecule has 10 N–H and O–H groups in total. The fraction of sp³-hybridized carbons (Fsp3) is 0.619. The molecule has 5 atom stereocenters. The van der Waals surface area contributed by atoms with Gasteiger partial charge in [0, 0.05) is 17.9 Å². The Morgan fingerprint density at radius 2 is 1.76 bits per heavy atom. The summed E-state index contributed by atoms with van der Waals surface area (Å²) in [5.74, 6) is -10.3. The molecule has 3 amide bonds. The second-order valence-corrected chi connectivity index (χ2v) is 11.1. The molecule has 0 aromatic carbocycles. The number of carboxylic acids is 3. The number of nitrogens with one attached hydrogen (secondary N) is 2. The molecule has 1 saturated heterocycles. The van der Waals surface area contributed by atoms with Gasteiger partial charge in [-0.3, -0.25) is 24.0 Å². The SMILES string of the molecule is CCSC1(CC(=O)O)C(O)C(=O)OC1(CSCC(NC(=O)CCC(N)C(=O)O)C(=O)NCC(=O)O)C(=O)OC(N)=O. The first-order valence-electron chi connectivity index (χ1n) is 11.7. The molecule has 1 heterocycles. The first kappa shape index (κ1) is 35.4. The van der Waals surface area contributed by atoms with Crippen molar-refractivity contribution in [2.45, 2.75) is 54.7 Å². The molecule has 1 aliphatic rings. The molecular weight excluding hydrogens is 596 g/mol. The first-order valence-corrected chi connectivity index (χ1v) is 13.8. The number of amides is 3. The summed E-state index contributed by atoms with van der Waals surface area (Å²) in [6, 6.07) is -2.89. The summed E-state index contributed by atoms with van der Waals surface area (Å²) in [5.41, 5.74) is 7.68. The number of aliphatic carboxylic acids is 3. The van der Waals surface area contributed by atoms with Crippen LogP contribution in [-0.4, -0.2) is 121 Å². The molecule has 1 rings (SSSR count). The summed E-state index contributed by atoms with van der Waals surface area (Å²) < 4.78 is 7.39. The molecule has 18 nitrogen and oxygen atoms in total. The molecule has 0 radical (unpaired) electrons. The minimum Gasteiger partial charge on any atom is -0.481 e. The maximum absolute atomic E-state index is 13.1. The maximum Gasteiger partial charge on any atom is 0.412 e. The summed E-state index contributed by atoms with van der Waals surface area (Å²) in [6.45, 7) is 0.684. The van der Waals surface area contributed by atoms with Gasteiger partial charge < -0.3 is 52.0 Å². The molecule has 1 aliphatic heterocycles. The van der Waals surface area contributed by atoms with Gasteiger partial charge in [-0.05, 0) is 12.2 Å². The number of carbonyl (C=O) groups excluding carboxylic acids is 5. The molecule has 230 valence electrons. The van der Waals surface area contributed by atoms with E-state index in [9.17, 15) is 48.6 Å². The minimum atomic E-state index is -2.62. The Hall–Kier alpha value is -3.62. The Bertz CT molecular complexity index is 1070. The van der Waals surface area contributed by atoms with Crippen molar-refractivity contribution in [1.29, 1.82) is 0 Å². The summed E-state index contributed by atoms with van der Waals surface area (Å²) in [7, 11) is 0. The Kier molecular flexibility index (Phi) is 13.3. The molecule has 0 saturated carbocycles. The van der Waals surface area contributed by atoms with Crippen molar-refractivity contribution in [3.8, 4) is 0 Å². The van der Waals surface area contributed by atoms with E-state index in [-0.39, 0.29) is 12.2 Å². The lowest BCUT2D eigenvalue weighted by atomic mass is 9.83. The van der Waals surface area contributed by atoms with Crippen LogP contribution in [0, 0.1) is 0 Å². The number of carbonyl (C=O) groups is 8. The van der Waals surface area contributed by atoms with Gasteiger partial charge in [0.15, 0.2) is 6.10 Å². The van der Waals surface area contributed by atoms with Gasteiger partial charge in [-0.2, -0.15) is 11.8 Å². The zero-order valence-electron chi connectivity index (χ0n) is 21.5. The number of cyclic esters (lactones) is 1. The predicted molar refractivity (Wildman–Crippen MR) is 138 cm³/mol. The standard InChI is InChI=1S/C21H30N4O14S2/c1-2-41-21(5-12(27)28)14(31)17(35)39-20(21,18(36)38-19(23)37)8-40-7-10(15(32)24-6-13(29)30)25-11(26)4-3-9(22)16(33)34/h9-10,14,31H,2-8,22H2,1H3,(H2,23,37)(H,24,32)(H,25,26)(H,27,28)(H,29,30)(H,33,34). The highest BCUT2D eigenvalue weighted by atomic mass is 32.2. The van der Waals surface area contributed by atoms with Gasteiger partial charge in [0.05, 0.1) is 6.42 Å². The van der Waals surface area contributed by atoms with Crippen molar-refractivity contribution >= 4 is 71.3 Å². The van der Waals surface area contributed by atoms with Crippen LogP contribution >= 0.6 is 23.5 Å². The van der Waals surface area contributed by atoms with Crippen LogP contribution in [0.25, 0.3) is 0 Å². The average molecular weight is 627 g/mol. The van der Waals surface area contributed by atoms with Gasteiger partial charge in [0.2, 0.25) is 17.4 Å². The number of rotatable bonds is 17. The lowest BCUT2D eigenvalue weighted by molar-refractivity contribution is -0.169. The number of nitrogens with two attached hydrogens (primary N) is 2. The van der Waals surface area contributed by atoms with Gasteiger partial charge in [-0.1, -0.05) is 6.92 Å². The van der Waals surface area contributed by atoms with Gasteiger partial charge in [-0.15, -0.1) is 11.8 Å². The molecule has 0 aromatic heterocycles. The highest BCUT2D eigenvalue weighted by Gasteiger charge is 2.72. The quantitative estimate of drug-likeness (QED) is 0.0583. The highest BCUT2D eigenvalue weighted by Crippen LogP contribution is 2.51. The summed E-state index contributed by atoms with van der Waals surface area (Å²) in [4.78, 5) is 95.5. The van der Waals surface area contributed by atoms with Gasteiger partial charge in [0.1, 0.15) is 23.4 Å². The normalized spacial score (nSPS) is 23.0. The fourth-order valence-electron chi connectivity index (χ4n) is 3.76. The number of hydrogen-bond acceptors (Lipinski definition) is 14. The number of esters is 2. The second kappa shape index (κ2) is 15.4. The van der Waals surface area contributed by atoms with E-state index < -0.39 is 107 Å². The van der Waals surface area contributed by atoms with E-state index in [4.69, 9.17) is 26.4 Å². The number of primary amides is 1. The van der Waals surface area contributed by atoms with Crippen LogP contribution < -0.4 is 22.1 Å². The second-order valence-electron chi connectivity index (χ2n) is 8.48. The Morgan fingerprint density at radius 1 is 1.12 bits per heavy atom. The number of carboxylic acid groups (broad SMARTS) is 3. The third-order valence-corrected chi connectivity index (χ3v) is 8.30. The number of hydrogen-bond donors (Lipinski definition) is 8. The monoisotopic (exact) mass is 626 g/mol. The van der Waals surface area contributed by atoms with E-state index in [1.54, 1.807) is 0 Å². The zero-order valence-corrected chi connectivity index (χ0v) is 23.2. The zero-order chi connectivity index (χ0) is 31.5. The van der Waals surface area contributed by atoms with Gasteiger partial charge in [0.25, 0.3) is 0 Å². The molecule has 41 heavy (non-hydrogen) atoms. The molecule has 20 heteroatoms. The van der Waals surface area contributed by atoms with E-state index in [0.717, 1.165) is 0 Å². The van der Waals surface area contributed by atoms with Crippen LogP contribution in [-0.2, 0) is 43.0 Å². The summed E-state index contributed by atoms with van der Waals surface area (Å²) >= 11 is 1.29. The summed E-state index contributed by atoms with van der Waals surface area (Å²) in [5, 5.41) is 42.2. The largest absolute Gasteiger partial charge is 0.481 e. The average Bonchev–Trinajstić information content (AvgIpc) is 3.06. The third kappa shape index (κ3) is 9.20. The lowest BCUT2D eigenvalue weighted by Crippen LogP contribution is -2.62. The van der Waals surface area contributed by atoms with Gasteiger partial charge in [-0.25, -0.2) is 14.4 Å². The first-order chi connectivity index (χ1) is 19.0. The molecule has 5 unspecified atom stereocenters. The van der Waals surface area contributed by atoms with Crippen LogP contribution in [0.3, 0.4) is 0 Å². The molecular formula is C21H30N4O14S2. The number of thioether (sulfide) groups is 2. The number of aliphatic hydroxyl groups is 1. The van der Waals surface area contributed by atoms with Crippen LogP contribution in [0.15, 0.2) is 0 Å². The molecule has 0 spiro atoms. The molecule has 0 aromatic rings. The Labute approximate surface area is 240 Å². The topological polar surface area (TPSA) is 312 Å². The van der Waals surface area contributed by atoms with Crippen LogP contribution in [0.5, 0.6) is 0 Å². The van der Waals surface area contributed by atoms with E-state index in [2.05, 4.69) is 10.1 Å². The predicted octanol–water partition coefficient (Wildman–Crippen LogP) is -3.16. The molecule has 0 bridgehead atoms. The van der Waals surface area contributed by atoms with Gasteiger partial charge >= 0.3 is 35.9 Å². The van der Waals surface area contributed by atoms with Crippen molar-refractivity contribution in [2.75, 3.05) is 23.8 Å². The van der Waals surface area contributed by atoms with E-state index in [0.29, 0.717) is 23.5 Å². The Morgan fingerprint density at radius 3 is 2.27 bits per heavy atom. The minimum absolute atomic E-state index is 0.0476. The van der Waals surface area contributed by atoms with Crippen molar-refractivity contribution in [1.82, 2.24) is 10.6 Å². The molecule has 1 fully saturated rings. The van der Waals surface area contributed by atoms with E-state index in [1.807, 2.05) is 5.32 Å². The van der Waals surface area contributed by atoms with E-state index >= 15 is 0 Å². The van der Waals surface area contributed by atoms with Crippen molar-refractivity contribution in [3.63, 3.8) is 0 Å². The van der Waals surface area contributed by atoms with E-state index in [1.165, 1.54) is 6.92 Å². The summed E-state index contributed by atoms with van der Waals surface area (Å²) in [6.07, 6.45) is -5.55. The third-order valence-electron chi connectivity index (χ3n) is 5.62. The smallest absolute Gasteiger partial charge is 0.412 e. The van der Waals surface area contributed by atoms with Crippen LogP contribution in [0.1, 0.15) is 26.2 Å². The van der Waals surface area contributed by atoms with Crippen LogP contribution in [0.4, 0.5) is 4.79 Å². The van der Waals surface area contributed by atoms with Crippen LogP contribution in [0.2, 0.25) is 0 Å². The number of ether oxygens (including phenoxy) is 2. The van der Waals surface area contributed by atoms with Crippen molar-refractivity contribution in [2.24, 2.45) is 11.5 Å². The van der Waals surface area contributed by atoms with Crippen molar-refractivity contribution in [3.05, 3.63) is 0 Å². The lowest BCUT2D eigenvalue weighted by Gasteiger charge is -2.40. The van der Waals surface area contributed by atoms with Crippen molar-refractivity contribution < 1.29 is 68.3 Å². The molecule has 0 aliphatic carbocycles.